The van der Waals surface area contributed by atoms with Crippen LogP contribution in [0.15, 0.2) is 0 Å². The molecule has 18 heavy (non-hydrogen) atoms. The van der Waals surface area contributed by atoms with Gasteiger partial charge < -0.3 is 15.2 Å². The van der Waals surface area contributed by atoms with Gasteiger partial charge in [0.1, 0.15) is 0 Å². The van der Waals surface area contributed by atoms with E-state index in [1.54, 1.807) is 11.6 Å². The van der Waals surface area contributed by atoms with Crippen LogP contribution in [0.3, 0.4) is 0 Å². The van der Waals surface area contributed by atoms with Crippen molar-refractivity contribution < 1.29 is 14.3 Å². The summed E-state index contributed by atoms with van der Waals surface area (Å²) in [5.41, 5.74) is 7.63. The van der Waals surface area contributed by atoms with E-state index in [0.717, 1.165) is 31.7 Å². The fraction of sp³-hybridized carbons (Fsp3) is 0.667. The predicted octanol–water partition coefficient (Wildman–Crippen LogP) is 1.07. The number of aryl methyl sites for hydroxylation is 1. The highest BCUT2D eigenvalue weighted by atomic mass is 16.5. The molecule has 0 amide bonds. The van der Waals surface area contributed by atoms with Crippen LogP contribution in [0.4, 0.5) is 5.69 Å². The maximum atomic E-state index is 11.7. The van der Waals surface area contributed by atoms with Crippen molar-refractivity contribution in [3.63, 3.8) is 0 Å². The van der Waals surface area contributed by atoms with E-state index >= 15 is 0 Å². The molecule has 1 saturated heterocycles. The van der Waals surface area contributed by atoms with Crippen LogP contribution in [-0.4, -0.2) is 35.6 Å². The number of nitrogen functional groups attached to an aromatic ring is 1. The second kappa shape index (κ2) is 5.39. The first-order valence-electron chi connectivity index (χ1n) is 6.22. The second-order valence-corrected chi connectivity index (χ2v) is 4.38. The summed E-state index contributed by atoms with van der Waals surface area (Å²) in [6.07, 6.45) is 1.82. The number of carbonyl (C=O) groups excluding carboxylic acids is 1. The van der Waals surface area contributed by atoms with Crippen molar-refractivity contribution >= 4 is 11.7 Å². The first-order chi connectivity index (χ1) is 8.65. The molecule has 1 aliphatic heterocycles. The molecule has 1 fully saturated rings. The van der Waals surface area contributed by atoms with E-state index in [4.69, 9.17) is 15.2 Å². The molecule has 0 aliphatic carbocycles. The second-order valence-electron chi connectivity index (χ2n) is 4.38. The summed E-state index contributed by atoms with van der Waals surface area (Å²) < 4.78 is 12.0. The monoisotopic (exact) mass is 253 g/mol. The zero-order chi connectivity index (χ0) is 13.1. The third kappa shape index (κ3) is 2.33. The van der Waals surface area contributed by atoms with Gasteiger partial charge in [0.25, 0.3) is 0 Å². The summed E-state index contributed by atoms with van der Waals surface area (Å²) >= 11 is 0. The standard InChI is InChI=1S/C12H19N3O3/c1-3-18-12(16)10-9(13)11(15(2)14-10)8-4-6-17-7-5-8/h8H,3-7,13H2,1-2H3. The molecule has 6 heteroatoms. The highest BCUT2D eigenvalue weighted by Gasteiger charge is 2.27. The molecule has 1 aromatic rings. The van der Waals surface area contributed by atoms with Gasteiger partial charge in [0.15, 0.2) is 5.69 Å². The van der Waals surface area contributed by atoms with Crippen molar-refractivity contribution in [3.05, 3.63) is 11.4 Å². The summed E-state index contributed by atoms with van der Waals surface area (Å²) in [4.78, 5) is 11.7. The Morgan fingerprint density at radius 2 is 2.22 bits per heavy atom. The zero-order valence-corrected chi connectivity index (χ0v) is 10.8. The molecule has 2 rings (SSSR count). The Morgan fingerprint density at radius 1 is 1.56 bits per heavy atom. The van der Waals surface area contributed by atoms with Crippen molar-refractivity contribution in [1.29, 1.82) is 0 Å². The van der Waals surface area contributed by atoms with E-state index < -0.39 is 5.97 Å². The van der Waals surface area contributed by atoms with Crippen molar-refractivity contribution in [2.75, 3.05) is 25.6 Å². The minimum Gasteiger partial charge on any atom is -0.461 e. The number of nitrogens with zero attached hydrogens (tertiary/aromatic N) is 2. The Labute approximate surface area is 106 Å². The van der Waals surface area contributed by atoms with Crippen molar-refractivity contribution in [2.24, 2.45) is 7.05 Å². The molecule has 1 aromatic heterocycles. The van der Waals surface area contributed by atoms with Crippen LogP contribution in [0.1, 0.15) is 41.9 Å². The van der Waals surface area contributed by atoms with Gasteiger partial charge in [0.2, 0.25) is 0 Å². The molecule has 0 atom stereocenters. The Hall–Kier alpha value is -1.56. The van der Waals surface area contributed by atoms with Crippen LogP contribution in [-0.2, 0) is 16.5 Å². The molecular formula is C12H19N3O3. The van der Waals surface area contributed by atoms with E-state index in [2.05, 4.69) is 5.10 Å². The van der Waals surface area contributed by atoms with Gasteiger partial charge in [-0.25, -0.2) is 4.79 Å². The third-order valence-electron chi connectivity index (χ3n) is 3.21. The largest absolute Gasteiger partial charge is 0.461 e. The van der Waals surface area contributed by atoms with Crippen LogP contribution in [0.2, 0.25) is 0 Å². The van der Waals surface area contributed by atoms with Gasteiger partial charge in [-0.15, -0.1) is 0 Å². The van der Waals surface area contributed by atoms with Crippen molar-refractivity contribution in [2.45, 2.75) is 25.7 Å². The van der Waals surface area contributed by atoms with Crippen LogP contribution >= 0.6 is 0 Å². The summed E-state index contributed by atoms with van der Waals surface area (Å²) in [5, 5.41) is 4.18. The Bertz CT molecular complexity index is 436. The van der Waals surface area contributed by atoms with Gasteiger partial charge in [0, 0.05) is 26.2 Å². The maximum Gasteiger partial charge on any atom is 0.361 e. The summed E-state index contributed by atoms with van der Waals surface area (Å²) in [6.45, 7) is 3.53. The highest BCUT2D eigenvalue weighted by Crippen LogP contribution is 2.32. The SMILES string of the molecule is CCOC(=O)c1nn(C)c(C2CCOCC2)c1N. The van der Waals surface area contributed by atoms with Crippen LogP contribution in [0, 0.1) is 0 Å². The number of ether oxygens (including phenoxy) is 2. The van der Waals surface area contributed by atoms with E-state index in [-0.39, 0.29) is 5.69 Å². The van der Waals surface area contributed by atoms with Crippen LogP contribution < -0.4 is 5.73 Å². The first-order valence-corrected chi connectivity index (χ1v) is 6.22. The molecule has 2 N–H and O–H groups in total. The molecule has 0 radical (unpaired) electrons. The topological polar surface area (TPSA) is 79.4 Å². The lowest BCUT2D eigenvalue weighted by Gasteiger charge is -2.22. The van der Waals surface area contributed by atoms with Crippen molar-refractivity contribution in [1.82, 2.24) is 9.78 Å². The van der Waals surface area contributed by atoms with Gasteiger partial charge in [-0.2, -0.15) is 5.10 Å². The molecule has 2 heterocycles. The van der Waals surface area contributed by atoms with Gasteiger partial charge in [-0.1, -0.05) is 0 Å². The third-order valence-corrected chi connectivity index (χ3v) is 3.21. The van der Waals surface area contributed by atoms with Gasteiger partial charge in [-0.3, -0.25) is 4.68 Å². The maximum absolute atomic E-state index is 11.7. The molecule has 6 nitrogen and oxygen atoms in total. The average molecular weight is 253 g/mol. The van der Waals surface area contributed by atoms with Crippen molar-refractivity contribution in [3.8, 4) is 0 Å². The molecular weight excluding hydrogens is 234 g/mol. The molecule has 0 saturated carbocycles. The Kier molecular flexibility index (Phi) is 3.86. The summed E-state index contributed by atoms with van der Waals surface area (Å²) in [7, 11) is 1.81. The summed E-state index contributed by atoms with van der Waals surface area (Å²) in [5.74, 6) is -0.150. The molecule has 0 aromatic carbocycles. The van der Waals surface area contributed by atoms with E-state index in [1.165, 1.54) is 0 Å². The van der Waals surface area contributed by atoms with Gasteiger partial charge in [-0.05, 0) is 19.8 Å². The minimum absolute atomic E-state index is 0.223. The zero-order valence-electron chi connectivity index (χ0n) is 10.8. The molecule has 0 spiro atoms. The minimum atomic E-state index is -0.455. The lowest BCUT2D eigenvalue weighted by atomic mass is 9.95. The fourth-order valence-corrected chi connectivity index (χ4v) is 2.36. The predicted molar refractivity (Wildman–Crippen MR) is 66.4 cm³/mol. The van der Waals surface area contributed by atoms with Gasteiger partial charge in [0.05, 0.1) is 18.0 Å². The Morgan fingerprint density at radius 3 is 2.83 bits per heavy atom. The molecule has 1 aliphatic rings. The lowest BCUT2D eigenvalue weighted by Crippen LogP contribution is -2.17. The smallest absolute Gasteiger partial charge is 0.361 e. The van der Waals surface area contributed by atoms with E-state index in [1.807, 2.05) is 7.05 Å². The highest BCUT2D eigenvalue weighted by molar-refractivity contribution is 5.93. The number of anilines is 1. The van der Waals surface area contributed by atoms with E-state index in [0.29, 0.717) is 18.2 Å². The fourth-order valence-electron chi connectivity index (χ4n) is 2.36. The number of aromatic nitrogens is 2. The number of nitrogens with two attached hydrogens (primary N) is 1. The van der Waals surface area contributed by atoms with Gasteiger partial charge >= 0.3 is 5.97 Å². The molecule has 0 bridgehead atoms. The number of rotatable bonds is 3. The summed E-state index contributed by atoms with van der Waals surface area (Å²) in [6, 6.07) is 0. The normalized spacial score (nSPS) is 16.8. The number of hydrogen-bond acceptors (Lipinski definition) is 5. The quantitative estimate of drug-likeness (QED) is 0.815. The lowest BCUT2D eigenvalue weighted by molar-refractivity contribution is 0.0520. The molecule has 100 valence electrons. The first kappa shape index (κ1) is 12.9. The average Bonchev–Trinajstić information content (AvgIpc) is 2.66. The number of hydrogen-bond donors (Lipinski definition) is 1. The van der Waals surface area contributed by atoms with Crippen LogP contribution in [0.5, 0.6) is 0 Å². The van der Waals surface area contributed by atoms with Crippen LogP contribution in [0.25, 0.3) is 0 Å². The Balaban J connectivity index is 2.28. The molecule has 0 unspecified atom stereocenters. The van der Waals surface area contributed by atoms with E-state index in [9.17, 15) is 4.79 Å². The number of carbonyl (C=O) groups is 1. The number of esters is 1.